The number of aliphatic hydroxyl groups is 1. The Morgan fingerprint density at radius 1 is 1.28 bits per heavy atom. The molecule has 0 heterocycles. The van der Waals surface area contributed by atoms with Crippen LogP contribution in [0.15, 0.2) is 18.2 Å². The van der Waals surface area contributed by atoms with E-state index in [1.54, 1.807) is 0 Å². The van der Waals surface area contributed by atoms with Gasteiger partial charge in [-0.15, -0.1) is 0 Å². The van der Waals surface area contributed by atoms with Gasteiger partial charge >= 0.3 is 0 Å². The second kappa shape index (κ2) is 6.58. The second-order valence-electron chi connectivity index (χ2n) is 5.58. The van der Waals surface area contributed by atoms with E-state index in [2.05, 4.69) is 18.2 Å². The third-order valence-corrected chi connectivity index (χ3v) is 4.29. The maximum absolute atomic E-state index is 9.31. The first-order valence-electron chi connectivity index (χ1n) is 7.13. The van der Waals surface area contributed by atoms with Gasteiger partial charge in [-0.2, -0.15) is 0 Å². The van der Waals surface area contributed by atoms with E-state index >= 15 is 0 Å². The first-order valence-corrected chi connectivity index (χ1v) is 7.51. The molecule has 1 fully saturated rings. The molecule has 18 heavy (non-hydrogen) atoms. The van der Waals surface area contributed by atoms with Crippen LogP contribution in [-0.2, 0) is 6.42 Å². The Bertz CT molecular complexity index is 381. The molecule has 1 nitrogen and oxygen atoms in total. The van der Waals surface area contributed by atoms with Gasteiger partial charge in [0, 0.05) is 5.02 Å². The van der Waals surface area contributed by atoms with Crippen LogP contribution in [-0.4, -0.2) is 11.2 Å². The van der Waals surface area contributed by atoms with E-state index in [1.165, 1.54) is 43.2 Å². The highest BCUT2D eigenvalue weighted by Crippen LogP contribution is 2.36. The molecule has 1 aliphatic carbocycles. The molecule has 0 saturated heterocycles. The summed E-state index contributed by atoms with van der Waals surface area (Å²) in [6.07, 6.45) is 8.10. The van der Waals surface area contributed by atoms with Gasteiger partial charge in [0.25, 0.3) is 0 Å². The molecule has 1 unspecified atom stereocenters. The number of aliphatic hydroxyl groups excluding tert-OH is 1. The lowest BCUT2D eigenvalue weighted by molar-refractivity contribution is 0.185. The van der Waals surface area contributed by atoms with Crippen molar-refractivity contribution in [1.29, 1.82) is 0 Å². The van der Waals surface area contributed by atoms with Crippen molar-refractivity contribution in [3.8, 4) is 0 Å². The van der Waals surface area contributed by atoms with E-state index in [0.717, 1.165) is 17.9 Å². The molecule has 1 N–H and O–H groups in total. The lowest BCUT2D eigenvalue weighted by atomic mass is 9.83. The quantitative estimate of drug-likeness (QED) is 0.837. The third-order valence-electron chi connectivity index (χ3n) is 3.96. The summed E-state index contributed by atoms with van der Waals surface area (Å²) in [5, 5.41) is 10.2. The van der Waals surface area contributed by atoms with E-state index in [1.807, 2.05) is 6.92 Å². The Balaban J connectivity index is 2.04. The maximum atomic E-state index is 9.31. The molecule has 0 aromatic heterocycles. The van der Waals surface area contributed by atoms with Crippen LogP contribution in [0.4, 0.5) is 0 Å². The van der Waals surface area contributed by atoms with Gasteiger partial charge in [0.15, 0.2) is 0 Å². The van der Waals surface area contributed by atoms with Gasteiger partial charge in [-0.3, -0.25) is 0 Å². The molecule has 0 amide bonds. The van der Waals surface area contributed by atoms with Crippen molar-refractivity contribution in [3.05, 3.63) is 34.3 Å². The van der Waals surface area contributed by atoms with Crippen molar-refractivity contribution in [2.45, 2.75) is 63.9 Å². The van der Waals surface area contributed by atoms with Crippen molar-refractivity contribution in [3.63, 3.8) is 0 Å². The smallest absolute Gasteiger partial charge is 0.0515 e. The maximum Gasteiger partial charge on any atom is 0.0515 e. The zero-order chi connectivity index (χ0) is 13.0. The molecule has 1 aromatic carbocycles. The van der Waals surface area contributed by atoms with E-state index in [0.29, 0.717) is 5.92 Å². The van der Waals surface area contributed by atoms with Crippen LogP contribution in [0.1, 0.15) is 62.5 Å². The van der Waals surface area contributed by atoms with Crippen LogP contribution in [0.5, 0.6) is 0 Å². The summed E-state index contributed by atoms with van der Waals surface area (Å²) in [5.74, 6) is 0.664. The van der Waals surface area contributed by atoms with E-state index in [-0.39, 0.29) is 6.10 Å². The standard InChI is InChI=1S/C16H23ClO/c1-12(18)7-8-13-9-10-15(16(17)11-13)14-5-3-2-4-6-14/h9-12,14,18H,2-8H2,1H3. The number of aryl methyl sites for hydroxylation is 1. The molecule has 0 radical (unpaired) electrons. The van der Waals surface area contributed by atoms with Crippen molar-refractivity contribution in [1.82, 2.24) is 0 Å². The molecule has 0 aliphatic heterocycles. The van der Waals surface area contributed by atoms with Gasteiger partial charge in [0.2, 0.25) is 0 Å². The molecular formula is C16H23ClO. The highest BCUT2D eigenvalue weighted by molar-refractivity contribution is 6.31. The van der Waals surface area contributed by atoms with Gasteiger partial charge in [-0.25, -0.2) is 0 Å². The van der Waals surface area contributed by atoms with Crippen LogP contribution < -0.4 is 0 Å². The fraction of sp³-hybridized carbons (Fsp3) is 0.625. The summed E-state index contributed by atoms with van der Waals surface area (Å²) in [6, 6.07) is 6.47. The van der Waals surface area contributed by atoms with E-state index in [4.69, 9.17) is 11.6 Å². The third kappa shape index (κ3) is 3.73. The number of rotatable bonds is 4. The van der Waals surface area contributed by atoms with Gasteiger partial charge in [-0.05, 0) is 55.7 Å². The van der Waals surface area contributed by atoms with E-state index < -0.39 is 0 Å². The Hall–Kier alpha value is -0.530. The molecule has 0 bridgehead atoms. The van der Waals surface area contributed by atoms with Gasteiger partial charge < -0.3 is 5.11 Å². The molecule has 1 atom stereocenters. The zero-order valence-corrected chi connectivity index (χ0v) is 11.9. The average molecular weight is 267 g/mol. The summed E-state index contributed by atoms with van der Waals surface area (Å²) in [5.41, 5.74) is 2.57. The first kappa shape index (κ1) is 13.9. The first-order chi connectivity index (χ1) is 8.66. The van der Waals surface area contributed by atoms with Gasteiger partial charge in [0.1, 0.15) is 0 Å². The highest BCUT2D eigenvalue weighted by atomic mass is 35.5. The minimum absolute atomic E-state index is 0.234. The van der Waals surface area contributed by atoms with Crippen LogP contribution in [0.2, 0.25) is 5.02 Å². The van der Waals surface area contributed by atoms with Crippen molar-refractivity contribution in [2.24, 2.45) is 0 Å². The average Bonchev–Trinajstić information content (AvgIpc) is 2.37. The molecule has 2 rings (SSSR count). The van der Waals surface area contributed by atoms with Crippen LogP contribution in [0.3, 0.4) is 0 Å². The summed E-state index contributed by atoms with van der Waals surface area (Å²) in [7, 11) is 0. The minimum atomic E-state index is -0.234. The molecule has 1 aromatic rings. The number of benzene rings is 1. The number of halogens is 1. The predicted octanol–water partition coefficient (Wildman–Crippen LogP) is 4.70. The lowest BCUT2D eigenvalue weighted by Gasteiger charge is -2.23. The monoisotopic (exact) mass is 266 g/mol. The van der Waals surface area contributed by atoms with Gasteiger partial charge in [-0.1, -0.05) is 43.0 Å². The molecular weight excluding hydrogens is 244 g/mol. The predicted molar refractivity (Wildman–Crippen MR) is 77.3 cm³/mol. The minimum Gasteiger partial charge on any atom is -0.393 e. The zero-order valence-electron chi connectivity index (χ0n) is 11.2. The Morgan fingerprint density at radius 3 is 2.61 bits per heavy atom. The summed E-state index contributed by atoms with van der Waals surface area (Å²) < 4.78 is 0. The Labute approximate surface area is 115 Å². The van der Waals surface area contributed by atoms with Crippen LogP contribution in [0, 0.1) is 0 Å². The SMILES string of the molecule is CC(O)CCc1ccc(C2CCCCC2)c(Cl)c1. The second-order valence-corrected chi connectivity index (χ2v) is 5.99. The molecule has 100 valence electrons. The molecule has 2 heteroatoms. The number of hydrogen-bond acceptors (Lipinski definition) is 1. The van der Waals surface area contributed by atoms with Crippen LogP contribution in [0.25, 0.3) is 0 Å². The fourth-order valence-electron chi connectivity index (χ4n) is 2.85. The molecule has 0 spiro atoms. The molecule has 1 saturated carbocycles. The molecule has 1 aliphatic rings. The topological polar surface area (TPSA) is 20.2 Å². The summed E-state index contributed by atoms with van der Waals surface area (Å²) in [6.45, 7) is 1.83. The Kier molecular flexibility index (Phi) is 5.08. The largest absolute Gasteiger partial charge is 0.393 e. The Morgan fingerprint density at radius 2 is 2.00 bits per heavy atom. The fourth-order valence-corrected chi connectivity index (χ4v) is 3.20. The highest BCUT2D eigenvalue weighted by Gasteiger charge is 2.18. The summed E-state index contributed by atoms with van der Waals surface area (Å²) >= 11 is 6.42. The number of hydrogen-bond donors (Lipinski definition) is 1. The van der Waals surface area contributed by atoms with E-state index in [9.17, 15) is 5.11 Å². The lowest BCUT2D eigenvalue weighted by Crippen LogP contribution is -2.06. The normalized spacial score (nSPS) is 18.8. The van der Waals surface area contributed by atoms with Crippen LogP contribution >= 0.6 is 11.6 Å². The van der Waals surface area contributed by atoms with Crippen molar-refractivity contribution >= 4 is 11.6 Å². The summed E-state index contributed by atoms with van der Waals surface area (Å²) in [4.78, 5) is 0. The van der Waals surface area contributed by atoms with Crippen molar-refractivity contribution < 1.29 is 5.11 Å². The van der Waals surface area contributed by atoms with Crippen molar-refractivity contribution in [2.75, 3.05) is 0 Å². The van der Waals surface area contributed by atoms with Gasteiger partial charge in [0.05, 0.1) is 6.10 Å².